The van der Waals surface area contributed by atoms with Crippen molar-refractivity contribution in [2.24, 2.45) is 17.7 Å². The number of aliphatic hydroxyl groups excluding tert-OH is 1. The summed E-state index contributed by atoms with van der Waals surface area (Å²) in [5.74, 6) is 6.29. The summed E-state index contributed by atoms with van der Waals surface area (Å²) in [6, 6.07) is 0. The summed E-state index contributed by atoms with van der Waals surface area (Å²) in [4.78, 5) is 0. The van der Waals surface area contributed by atoms with Gasteiger partial charge in [-0.15, -0.1) is 0 Å². The quantitative estimate of drug-likeness (QED) is 0.406. The zero-order valence-corrected chi connectivity index (χ0v) is 6.92. The van der Waals surface area contributed by atoms with Gasteiger partial charge in [-0.2, -0.15) is 0 Å². The molecule has 1 saturated carbocycles. The van der Waals surface area contributed by atoms with Crippen LogP contribution in [0.25, 0.3) is 0 Å². The first-order chi connectivity index (χ1) is 5.38. The maximum Gasteiger partial charge on any atom is 0.0474 e. The highest BCUT2D eigenvalue weighted by atomic mass is 16.3. The third-order valence-corrected chi connectivity index (χ3v) is 2.68. The minimum absolute atomic E-state index is 0.273. The largest absolute Gasteiger partial charge is 0.396 e. The van der Waals surface area contributed by atoms with Crippen molar-refractivity contribution in [1.82, 2.24) is 5.43 Å². The Hall–Kier alpha value is -0.120. The van der Waals surface area contributed by atoms with Gasteiger partial charge in [0.05, 0.1) is 0 Å². The molecule has 1 aliphatic carbocycles. The van der Waals surface area contributed by atoms with Crippen molar-refractivity contribution in [1.29, 1.82) is 0 Å². The third-order valence-electron chi connectivity index (χ3n) is 2.68. The molecule has 0 radical (unpaired) electrons. The van der Waals surface area contributed by atoms with E-state index >= 15 is 0 Å². The fraction of sp³-hybridized carbons (Fsp3) is 1.00. The number of hydrogen-bond donors (Lipinski definition) is 3. The summed E-state index contributed by atoms with van der Waals surface area (Å²) in [5.41, 5.74) is 2.64. The van der Waals surface area contributed by atoms with Crippen LogP contribution in [0.5, 0.6) is 0 Å². The summed E-state index contributed by atoms with van der Waals surface area (Å²) in [5, 5.41) is 9.02. The molecule has 0 heterocycles. The maximum absolute atomic E-state index is 9.02. The average molecular weight is 158 g/mol. The van der Waals surface area contributed by atoms with E-state index in [0.29, 0.717) is 11.8 Å². The van der Waals surface area contributed by atoms with Crippen LogP contribution < -0.4 is 11.3 Å². The smallest absolute Gasteiger partial charge is 0.0474 e. The molecule has 3 heteroatoms. The van der Waals surface area contributed by atoms with E-state index in [9.17, 15) is 0 Å². The molecule has 3 nitrogen and oxygen atoms in total. The summed E-state index contributed by atoms with van der Waals surface area (Å²) in [7, 11) is 0. The van der Waals surface area contributed by atoms with Crippen LogP contribution in [0.15, 0.2) is 0 Å². The lowest BCUT2D eigenvalue weighted by molar-refractivity contribution is 0.173. The molecule has 0 amide bonds. The SMILES string of the molecule is NNCC(CO)C1CCCC1. The van der Waals surface area contributed by atoms with Gasteiger partial charge in [0.1, 0.15) is 0 Å². The first kappa shape index (κ1) is 8.97. The molecule has 0 bridgehead atoms. The molecule has 0 aromatic carbocycles. The van der Waals surface area contributed by atoms with Crippen molar-refractivity contribution in [2.75, 3.05) is 13.2 Å². The zero-order valence-electron chi connectivity index (χ0n) is 6.92. The van der Waals surface area contributed by atoms with Crippen molar-refractivity contribution in [3.8, 4) is 0 Å². The Labute approximate surface area is 67.9 Å². The Bertz CT molecular complexity index is 102. The van der Waals surface area contributed by atoms with Gasteiger partial charge in [0.2, 0.25) is 0 Å². The number of hydrazine groups is 1. The van der Waals surface area contributed by atoms with E-state index in [-0.39, 0.29) is 6.61 Å². The zero-order chi connectivity index (χ0) is 8.10. The van der Waals surface area contributed by atoms with E-state index in [0.717, 1.165) is 6.54 Å². The van der Waals surface area contributed by atoms with Gasteiger partial charge in [0.15, 0.2) is 0 Å². The first-order valence-electron chi connectivity index (χ1n) is 4.42. The predicted molar refractivity (Wildman–Crippen MR) is 44.7 cm³/mol. The first-order valence-corrected chi connectivity index (χ1v) is 4.42. The van der Waals surface area contributed by atoms with Gasteiger partial charge < -0.3 is 5.11 Å². The molecular weight excluding hydrogens is 140 g/mol. The molecule has 1 fully saturated rings. The van der Waals surface area contributed by atoms with E-state index in [1.807, 2.05) is 0 Å². The summed E-state index contributed by atoms with van der Waals surface area (Å²) >= 11 is 0. The predicted octanol–water partition coefficient (Wildman–Crippen LogP) is 0.248. The van der Waals surface area contributed by atoms with Crippen molar-refractivity contribution in [2.45, 2.75) is 25.7 Å². The molecule has 11 heavy (non-hydrogen) atoms. The maximum atomic E-state index is 9.02. The van der Waals surface area contributed by atoms with Crippen molar-refractivity contribution in [3.63, 3.8) is 0 Å². The Morgan fingerprint density at radius 3 is 2.55 bits per heavy atom. The average Bonchev–Trinajstić information content (AvgIpc) is 2.52. The van der Waals surface area contributed by atoms with E-state index < -0.39 is 0 Å². The van der Waals surface area contributed by atoms with E-state index in [2.05, 4.69) is 5.43 Å². The summed E-state index contributed by atoms with van der Waals surface area (Å²) in [6.45, 7) is 1.02. The second-order valence-electron chi connectivity index (χ2n) is 3.40. The minimum Gasteiger partial charge on any atom is -0.396 e. The highest BCUT2D eigenvalue weighted by Gasteiger charge is 2.23. The Morgan fingerprint density at radius 2 is 2.09 bits per heavy atom. The second kappa shape index (κ2) is 4.70. The van der Waals surface area contributed by atoms with Gasteiger partial charge >= 0.3 is 0 Å². The van der Waals surface area contributed by atoms with Crippen LogP contribution in [0.2, 0.25) is 0 Å². The van der Waals surface area contributed by atoms with Crippen molar-refractivity contribution in [3.05, 3.63) is 0 Å². The molecule has 1 rings (SSSR count). The van der Waals surface area contributed by atoms with E-state index in [1.54, 1.807) is 0 Å². The number of nitrogens with one attached hydrogen (secondary N) is 1. The molecule has 4 N–H and O–H groups in total. The van der Waals surface area contributed by atoms with Crippen LogP contribution >= 0.6 is 0 Å². The van der Waals surface area contributed by atoms with Gasteiger partial charge in [-0.05, 0) is 11.8 Å². The lowest BCUT2D eigenvalue weighted by Crippen LogP contribution is -2.33. The normalized spacial score (nSPS) is 22.4. The summed E-state index contributed by atoms with van der Waals surface area (Å²) in [6.07, 6.45) is 5.19. The van der Waals surface area contributed by atoms with Crippen LogP contribution in [-0.2, 0) is 0 Å². The minimum atomic E-state index is 0.273. The standard InChI is InChI=1S/C8H18N2O/c9-10-5-8(6-11)7-3-1-2-4-7/h7-8,10-11H,1-6,9H2. The summed E-state index contributed by atoms with van der Waals surface area (Å²) < 4.78 is 0. The van der Waals surface area contributed by atoms with Gasteiger partial charge in [0.25, 0.3) is 0 Å². The van der Waals surface area contributed by atoms with Crippen LogP contribution in [0.4, 0.5) is 0 Å². The number of nitrogens with two attached hydrogens (primary N) is 1. The molecule has 66 valence electrons. The van der Waals surface area contributed by atoms with Crippen LogP contribution in [-0.4, -0.2) is 18.3 Å². The van der Waals surface area contributed by atoms with E-state index in [1.165, 1.54) is 25.7 Å². The molecule has 0 aromatic rings. The number of aliphatic hydroxyl groups is 1. The topological polar surface area (TPSA) is 58.3 Å². The molecule has 1 unspecified atom stereocenters. The van der Waals surface area contributed by atoms with Gasteiger partial charge in [-0.1, -0.05) is 25.7 Å². The molecule has 0 aliphatic heterocycles. The van der Waals surface area contributed by atoms with E-state index in [4.69, 9.17) is 10.9 Å². The van der Waals surface area contributed by atoms with Gasteiger partial charge in [0, 0.05) is 13.2 Å². The highest BCUT2D eigenvalue weighted by Crippen LogP contribution is 2.30. The molecule has 1 aliphatic rings. The molecule has 1 atom stereocenters. The molecule has 0 aromatic heterocycles. The third kappa shape index (κ3) is 2.43. The number of hydrogen-bond acceptors (Lipinski definition) is 3. The molecule has 0 spiro atoms. The van der Waals surface area contributed by atoms with Crippen LogP contribution in [0.1, 0.15) is 25.7 Å². The second-order valence-corrected chi connectivity index (χ2v) is 3.40. The van der Waals surface area contributed by atoms with Gasteiger partial charge in [-0.3, -0.25) is 11.3 Å². The fourth-order valence-corrected chi connectivity index (χ4v) is 1.96. The lowest BCUT2D eigenvalue weighted by Gasteiger charge is -2.19. The molecule has 0 saturated heterocycles. The fourth-order valence-electron chi connectivity index (χ4n) is 1.96. The Morgan fingerprint density at radius 1 is 1.45 bits per heavy atom. The lowest BCUT2D eigenvalue weighted by atomic mass is 9.92. The van der Waals surface area contributed by atoms with Crippen LogP contribution in [0.3, 0.4) is 0 Å². The van der Waals surface area contributed by atoms with Crippen molar-refractivity contribution < 1.29 is 5.11 Å². The Balaban J connectivity index is 2.27. The monoisotopic (exact) mass is 158 g/mol. The highest BCUT2D eigenvalue weighted by molar-refractivity contribution is 4.75. The Kier molecular flexibility index (Phi) is 3.83. The van der Waals surface area contributed by atoms with Crippen LogP contribution in [0, 0.1) is 11.8 Å². The molecular formula is C8H18N2O. The van der Waals surface area contributed by atoms with Crippen molar-refractivity contribution >= 4 is 0 Å². The van der Waals surface area contributed by atoms with Gasteiger partial charge in [-0.25, -0.2) is 0 Å². The number of rotatable bonds is 4.